The van der Waals surface area contributed by atoms with Crippen LogP contribution in [0.15, 0.2) is 74.8 Å². The Hall–Kier alpha value is -2.88. The number of aromatic nitrogens is 3. The summed E-state index contributed by atoms with van der Waals surface area (Å²) in [6.07, 6.45) is 2.18. The fraction of sp³-hybridized carbons (Fsp3) is 0.182. The van der Waals surface area contributed by atoms with E-state index in [0.717, 1.165) is 22.0 Å². The van der Waals surface area contributed by atoms with Crippen LogP contribution >= 0.6 is 34.7 Å². The standard InChI is InChI=1S/C22H18ClN5O2S2/c1-27-21(19-5-3-11-31-19)24-25-22(27)32-13-20(29)28-17(18-4-2-10-30-18)12-16(26-28)14-6-8-15(23)9-7-14/h2-11,17H,12-13H2,1H3. The zero-order valence-electron chi connectivity index (χ0n) is 17.0. The third kappa shape index (κ3) is 4.11. The Bertz CT molecular complexity index is 1250. The van der Waals surface area contributed by atoms with E-state index >= 15 is 0 Å². The largest absolute Gasteiger partial charge is 0.467 e. The van der Waals surface area contributed by atoms with Crippen molar-refractivity contribution in [2.24, 2.45) is 12.1 Å². The monoisotopic (exact) mass is 483 g/mol. The summed E-state index contributed by atoms with van der Waals surface area (Å²) in [4.78, 5) is 14.2. The minimum Gasteiger partial charge on any atom is -0.467 e. The normalized spacial score (nSPS) is 15.9. The van der Waals surface area contributed by atoms with E-state index < -0.39 is 0 Å². The predicted octanol–water partition coefficient (Wildman–Crippen LogP) is 5.26. The van der Waals surface area contributed by atoms with Crippen LogP contribution in [-0.2, 0) is 11.8 Å². The van der Waals surface area contributed by atoms with Gasteiger partial charge in [-0.15, -0.1) is 21.5 Å². The molecule has 32 heavy (non-hydrogen) atoms. The number of amides is 1. The highest BCUT2D eigenvalue weighted by molar-refractivity contribution is 7.99. The minimum atomic E-state index is -0.287. The first kappa shape index (κ1) is 21.0. The fourth-order valence-corrected chi connectivity index (χ4v) is 5.15. The van der Waals surface area contributed by atoms with Gasteiger partial charge in [-0.3, -0.25) is 4.79 Å². The van der Waals surface area contributed by atoms with Crippen LogP contribution in [0.3, 0.4) is 0 Å². The van der Waals surface area contributed by atoms with Crippen molar-refractivity contribution in [1.29, 1.82) is 0 Å². The Morgan fingerprint density at radius 2 is 2.06 bits per heavy atom. The third-order valence-corrected chi connectivity index (χ3v) is 7.24. The highest BCUT2D eigenvalue weighted by atomic mass is 35.5. The van der Waals surface area contributed by atoms with Crippen LogP contribution in [0, 0.1) is 0 Å². The van der Waals surface area contributed by atoms with Gasteiger partial charge < -0.3 is 8.98 Å². The molecule has 0 aliphatic carbocycles. The molecule has 5 rings (SSSR count). The molecule has 162 valence electrons. The van der Waals surface area contributed by atoms with Gasteiger partial charge in [0.15, 0.2) is 11.0 Å². The Morgan fingerprint density at radius 3 is 2.78 bits per heavy atom. The van der Waals surface area contributed by atoms with E-state index in [1.165, 1.54) is 16.8 Å². The van der Waals surface area contributed by atoms with Gasteiger partial charge in [-0.25, -0.2) is 5.01 Å². The molecule has 3 aromatic heterocycles. The molecule has 4 heterocycles. The lowest BCUT2D eigenvalue weighted by Crippen LogP contribution is -2.28. The Balaban J connectivity index is 1.35. The zero-order valence-corrected chi connectivity index (χ0v) is 19.4. The summed E-state index contributed by atoms with van der Waals surface area (Å²) >= 11 is 8.97. The zero-order chi connectivity index (χ0) is 22.1. The molecular weight excluding hydrogens is 466 g/mol. The lowest BCUT2D eigenvalue weighted by Gasteiger charge is -2.19. The van der Waals surface area contributed by atoms with Gasteiger partial charge in [0.2, 0.25) is 0 Å². The molecule has 1 aliphatic rings. The number of rotatable bonds is 6. The van der Waals surface area contributed by atoms with Crippen molar-refractivity contribution in [2.45, 2.75) is 17.6 Å². The average molecular weight is 484 g/mol. The molecule has 0 saturated heterocycles. The van der Waals surface area contributed by atoms with E-state index in [-0.39, 0.29) is 17.7 Å². The SMILES string of the molecule is Cn1c(SCC(=O)N2N=C(c3ccc(Cl)cc3)CC2c2ccco2)nnc1-c1cccs1. The van der Waals surface area contributed by atoms with Crippen LogP contribution in [-0.4, -0.2) is 37.1 Å². The molecule has 1 aromatic carbocycles. The number of benzene rings is 1. The molecule has 1 unspecified atom stereocenters. The maximum atomic E-state index is 13.2. The second-order valence-corrected chi connectivity index (χ2v) is 9.49. The van der Waals surface area contributed by atoms with Crippen LogP contribution in [0.4, 0.5) is 0 Å². The Labute approximate surface area is 197 Å². The number of thioether (sulfide) groups is 1. The molecule has 7 nitrogen and oxygen atoms in total. The third-order valence-electron chi connectivity index (χ3n) is 5.12. The van der Waals surface area contributed by atoms with Gasteiger partial charge in [0, 0.05) is 18.5 Å². The number of halogens is 1. The molecule has 10 heteroatoms. The van der Waals surface area contributed by atoms with Gasteiger partial charge in [-0.2, -0.15) is 5.10 Å². The summed E-state index contributed by atoms with van der Waals surface area (Å²) < 4.78 is 7.51. The van der Waals surface area contributed by atoms with Crippen LogP contribution in [0.1, 0.15) is 23.8 Å². The van der Waals surface area contributed by atoms with E-state index in [0.29, 0.717) is 22.4 Å². The summed E-state index contributed by atoms with van der Waals surface area (Å²) in [6, 6.07) is 14.8. The van der Waals surface area contributed by atoms with Crippen molar-refractivity contribution in [3.63, 3.8) is 0 Å². The first-order valence-electron chi connectivity index (χ1n) is 9.85. The average Bonchev–Trinajstić information content (AvgIpc) is 3.59. The van der Waals surface area contributed by atoms with Crippen molar-refractivity contribution in [2.75, 3.05) is 5.75 Å². The van der Waals surface area contributed by atoms with Crippen LogP contribution in [0.2, 0.25) is 5.02 Å². The number of nitrogens with zero attached hydrogens (tertiary/aromatic N) is 5. The van der Waals surface area contributed by atoms with Crippen molar-refractivity contribution >= 4 is 46.3 Å². The van der Waals surface area contributed by atoms with E-state index in [1.807, 2.05) is 65.5 Å². The minimum absolute atomic E-state index is 0.124. The lowest BCUT2D eigenvalue weighted by molar-refractivity contribution is -0.130. The first-order chi connectivity index (χ1) is 15.6. The maximum absolute atomic E-state index is 13.2. The van der Waals surface area contributed by atoms with Crippen molar-refractivity contribution in [3.05, 3.63) is 76.5 Å². The molecule has 0 spiro atoms. The van der Waals surface area contributed by atoms with E-state index in [9.17, 15) is 4.79 Å². The molecule has 0 fully saturated rings. The summed E-state index contributed by atoms with van der Waals surface area (Å²) in [7, 11) is 1.90. The van der Waals surface area contributed by atoms with Crippen LogP contribution < -0.4 is 0 Å². The predicted molar refractivity (Wildman–Crippen MR) is 126 cm³/mol. The molecule has 1 aliphatic heterocycles. The summed E-state index contributed by atoms with van der Waals surface area (Å²) in [5, 5.41) is 18.0. The van der Waals surface area contributed by atoms with E-state index in [2.05, 4.69) is 15.3 Å². The first-order valence-corrected chi connectivity index (χ1v) is 12.1. The van der Waals surface area contributed by atoms with Crippen molar-refractivity contribution in [3.8, 4) is 10.7 Å². The number of furan rings is 1. The van der Waals surface area contributed by atoms with Gasteiger partial charge in [-0.1, -0.05) is 41.6 Å². The summed E-state index contributed by atoms with van der Waals surface area (Å²) in [5.41, 5.74) is 1.75. The van der Waals surface area contributed by atoms with Crippen molar-refractivity contribution in [1.82, 2.24) is 19.8 Å². The highest BCUT2D eigenvalue weighted by Gasteiger charge is 2.35. The van der Waals surface area contributed by atoms with Gasteiger partial charge in [-0.05, 0) is 41.3 Å². The molecule has 1 amide bonds. The van der Waals surface area contributed by atoms with Gasteiger partial charge in [0.05, 0.1) is 22.6 Å². The molecule has 0 bridgehead atoms. The summed E-state index contributed by atoms with van der Waals surface area (Å²) in [5.74, 6) is 1.55. The second kappa shape index (κ2) is 8.93. The topological polar surface area (TPSA) is 76.5 Å². The number of carbonyl (C=O) groups is 1. The van der Waals surface area contributed by atoms with E-state index in [1.54, 1.807) is 17.6 Å². The second-order valence-electron chi connectivity index (χ2n) is 7.16. The highest BCUT2D eigenvalue weighted by Crippen LogP contribution is 2.34. The fourth-order valence-electron chi connectivity index (χ4n) is 3.51. The van der Waals surface area contributed by atoms with Gasteiger partial charge >= 0.3 is 0 Å². The van der Waals surface area contributed by atoms with E-state index in [4.69, 9.17) is 16.0 Å². The van der Waals surface area contributed by atoms with Gasteiger partial charge in [0.25, 0.3) is 5.91 Å². The molecule has 4 aromatic rings. The molecule has 0 N–H and O–H groups in total. The smallest absolute Gasteiger partial charge is 0.253 e. The quantitative estimate of drug-likeness (QED) is 0.349. The number of hydrazone groups is 1. The molecule has 0 radical (unpaired) electrons. The number of thiophene rings is 1. The molecular formula is C22H18ClN5O2S2. The van der Waals surface area contributed by atoms with Crippen LogP contribution in [0.5, 0.6) is 0 Å². The molecule has 1 atom stereocenters. The number of hydrogen-bond acceptors (Lipinski definition) is 7. The number of hydrogen-bond donors (Lipinski definition) is 0. The maximum Gasteiger partial charge on any atom is 0.253 e. The van der Waals surface area contributed by atoms with Crippen molar-refractivity contribution < 1.29 is 9.21 Å². The Morgan fingerprint density at radius 1 is 1.22 bits per heavy atom. The van der Waals surface area contributed by atoms with Gasteiger partial charge in [0.1, 0.15) is 11.8 Å². The Kier molecular flexibility index (Phi) is 5.86. The molecule has 0 saturated carbocycles. The number of carbonyl (C=O) groups excluding carboxylic acids is 1. The summed E-state index contributed by atoms with van der Waals surface area (Å²) in [6.45, 7) is 0. The van der Waals surface area contributed by atoms with Crippen LogP contribution in [0.25, 0.3) is 10.7 Å². The lowest BCUT2D eigenvalue weighted by atomic mass is 10.0.